The molecule has 1 aromatic heterocycles. The SMILES string of the molecule is Cc1cnc(-c2ccccc2)n1CC1CCCN(C(=O)C2CCCCC2)C1. The number of benzene rings is 1. The summed E-state index contributed by atoms with van der Waals surface area (Å²) in [6.07, 6.45) is 10.2. The lowest BCUT2D eigenvalue weighted by Gasteiger charge is -2.36. The van der Waals surface area contributed by atoms with Crippen molar-refractivity contribution in [3.05, 3.63) is 42.2 Å². The summed E-state index contributed by atoms with van der Waals surface area (Å²) in [4.78, 5) is 19.8. The average molecular weight is 366 g/mol. The van der Waals surface area contributed by atoms with Gasteiger partial charge in [0.05, 0.1) is 0 Å². The fourth-order valence-corrected chi connectivity index (χ4v) is 4.79. The van der Waals surface area contributed by atoms with Gasteiger partial charge in [0, 0.05) is 43.0 Å². The zero-order valence-electron chi connectivity index (χ0n) is 16.4. The molecule has 1 amide bonds. The van der Waals surface area contributed by atoms with Gasteiger partial charge in [-0.25, -0.2) is 4.98 Å². The Morgan fingerprint density at radius 3 is 2.63 bits per heavy atom. The van der Waals surface area contributed by atoms with Crippen LogP contribution in [-0.4, -0.2) is 33.4 Å². The predicted octanol–water partition coefficient (Wildman–Crippen LogP) is 4.68. The fraction of sp³-hybridized carbons (Fsp3) is 0.565. The van der Waals surface area contributed by atoms with Crippen molar-refractivity contribution < 1.29 is 4.79 Å². The van der Waals surface area contributed by atoms with Crippen molar-refractivity contribution in [2.75, 3.05) is 13.1 Å². The van der Waals surface area contributed by atoms with E-state index >= 15 is 0 Å². The molecule has 27 heavy (non-hydrogen) atoms. The van der Waals surface area contributed by atoms with Gasteiger partial charge in [0.2, 0.25) is 5.91 Å². The Labute approximate surface area is 162 Å². The van der Waals surface area contributed by atoms with Gasteiger partial charge in [0.25, 0.3) is 0 Å². The van der Waals surface area contributed by atoms with Gasteiger partial charge >= 0.3 is 0 Å². The van der Waals surface area contributed by atoms with Crippen molar-refractivity contribution in [1.29, 1.82) is 0 Å². The molecule has 0 N–H and O–H groups in total. The zero-order chi connectivity index (χ0) is 18.6. The minimum absolute atomic E-state index is 0.285. The van der Waals surface area contributed by atoms with E-state index in [1.807, 2.05) is 12.3 Å². The van der Waals surface area contributed by atoms with Gasteiger partial charge in [-0.15, -0.1) is 0 Å². The van der Waals surface area contributed by atoms with Crippen molar-refractivity contribution in [1.82, 2.24) is 14.5 Å². The first kappa shape index (κ1) is 18.3. The van der Waals surface area contributed by atoms with Gasteiger partial charge in [-0.2, -0.15) is 0 Å². The lowest BCUT2D eigenvalue weighted by atomic mass is 9.87. The molecular weight excluding hydrogens is 334 g/mol. The number of hydrogen-bond donors (Lipinski definition) is 0. The molecule has 2 heterocycles. The van der Waals surface area contributed by atoms with Gasteiger partial charge in [0.1, 0.15) is 5.82 Å². The molecular formula is C23H31N3O. The van der Waals surface area contributed by atoms with E-state index in [4.69, 9.17) is 0 Å². The third kappa shape index (κ3) is 4.10. The highest BCUT2D eigenvalue weighted by molar-refractivity contribution is 5.79. The number of hydrogen-bond acceptors (Lipinski definition) is 2. The van der Waals surface area contributed by atoms with Crippen LogP contribution >= 0.6 is 0 Å². The van der Waals surface area contributed by atoms with Crippen LogP contribution in [0.2, 0.25) is 0 Å². The number of aryl methyl sites for hydroxylation is 1. The molecule has 2 aliphatic rings. The number of piperidine rings is 1. The smallest absolute Gasteiger partial charge is 0.225 e. The summed E-state index contributed by atoms with van der Waals surface area (Å²) in [5.41, 5.74) is 2.36. The lowest BCUT2D eigenvalue weighted by molar-refractivity contribution is -0.138. The number of amides is 1. The maximum absolute atomic E-state index is 13.0. The van der Waals surface area contributed by atoms with Crippen LogP contribution in [0, 0.1) is 18.8 Å². The molecule has 1 aromatic carbocycles. The first-order valence-electron chi connectivity index (χ1n) is 10.6. The van der Waals surface area contributed by atoms with Crippen molar-refractivity contribution in [3.63, 3.8) is 0 Å². The number of aromatic nitrogens is 2. The topological polar surface area (TPSA) is 38.1 Å². The first-order chi connectivity index (χ1) is 13.2. The minimum Gasteiger partial charge on any atom is -0.342 e. The highest BCUT2D eigenvalue weighted by Crippen LogP contribution is 2.29. The predicted molar refractivity (Wildman–Crippen MR) is 108 cm³/mol. The molecule has 4 rings (SSSR count). The van der Waals surface area contributed by atoms with E-state index in [-0.39, 0.29) is 5.92 Å². The Bertz CT molecular complexity index is 761. The second kappa shape index (κ2) is 8.28. The van der Waals surface area contributed by atoms with Crippen molar-refractivity contribution >= 4 is 5.91 Å². The van der Waals surface area contributed by atoms with Crippen LogP contribution in [0.5, 0.6) is 0 Å². The number of imidazole rings is 1. The molecule has 144 valence electrons. The fourth-order valence-electron chi connectivity index (χ4n) is 4.79. The Morgan fingerprint density at radius 1 is 1.07 bits per heavy atom. The van der Waals surface area contributed by atoms with Crippen molar-refractivity contribution in [2.24, 2.45) is 11.8 Å². The summed E-state index contributed by atoms with van der Waals surface area (Å²) in [5, 5.41) is 0. The number of carbonyl (C=O) groups excluding carboxylic acids is 1. The molecule has 0 spiro atoms. The van der Waals surface area contributed by atoms with Crippen LogP contribution in [0.15, 0.2) is 36.5 Å². The Morgan fingerprint density at radius 2 is 1.85 bits per heavy atom. The second-order valence-electron chi connectivity index (χ2n) is 8.33. The standard InChI is InChI=1S/C23H31N3O/c1-18-15-24-22(20-10-4-2-5-11-20)26(18)17-19-9-8-14-25(16-19)23(27)21-12-6-3-7-13-21/h2,4-5,10-11,15,19,21H,3,6-9,12-14,16-17H2,1H3. The van der Waals surface area contributed by atoms with Crippen molar-refractivity contribution in [2.45, 2.75) is 58.4 Å². The maximum atomic E-state index is 13.0. The third-order valence-corrected chi connectivity index (χ3v) is 6.31. The molecule has 1 aliphatic carbocycles. The summed E-state index contributed by atoms with van der Waals surface area (Å²) in [5.74, 6) is 2.27. The summed E-state index contributed by atoms with van der Waals surface area (Å²) in [6.45, 7) is 4.93. The van der Waals surface area contributed by atoms with Gasteiger partial charge in [-0.3, -0.25) is 4.79 Å². The monoisotopic (exact) mass is 365 g/mol. The maximum Gasteiger partial charge on any atom is 0.225 e. The van der Waals surface area contributed by atoms with E-state index < -0.39 is 0 Å². The summed E-state index contributed by atoms with van der Waals surface area (Å²) in [7, 11) is 0. The molecule has 0 radical (unpaired) electrons. The van der Waals surface area contributed by atoms with Crippen LogP contribution in [0.25, 0.3) is 11.4 Å². The number of likely N-dealkylation sites (tertiary alicyclic amines) is 1. The van der Waals surface area contributed by atoms with E-state index in [0.29, 0.717) is 11.8 Å². The van der Waals surface area contributed by atoms with E-state index in [0.717, 1.165) is 50.3 Å². The third-order valence-electron chi connectivity index (χ3n) is 6.31. The van der Waals surface area contributed by atoms with Crippen LogP contribution in [0.1, 0.15) is 50.6 Å². The number of rotatable bonds is 4. The molecule has 4 heteroatoms. The van der Waals surface area contributed by atoms with Crippen LogP contribution in [0.3, 0.4) is 0 Å². The molecule has 4 nitrogen and oxygen atoms in total. The van der Waals surface area contributed by atoms with E-state index in [2.05, 4.69) is 45.6 Å². The van der Waals surface area contributed by atoms with Gasteiger partial charge in [0.15, 0.2) is 0 Å². The molecule has 1 saturated carbocycles. The Kier molecular flexibility index (Phi) is 5.61. The Hall–Kier alpha value is -2.10. The zero-order valence-corrected chi connectivity index (χ0v) is 16.4. The number of carbonyl (C=O) groups is 1. The Balaban J connectivity index is 1.45. The molecule has 1 aliphatic heterocycles. The second-order valence-corrected chi connectivity index (χ2v) is 8.33. The lowest BCUT2D eigenvalue weighted by Crippen LogP contribution is -2.44. The molecule has 2 fully saturated rings. The van der Waals surface area contributed by atoms with Crippen LogP contribution in [0.4, 0.5) is 0 Å². The van der Waals surface area contributed by atoms with Crippen LogP contribution in [-0.2, 0) is 11.3 Å². The molecule has 0 bridgehead atoms. The molecule has 1 saturated heterocycles. The van der Waals surface area contributed by atoms with E-state index in [1.54, 1.807) is 0 Å². The van der Waals surface area contributed by atoms with Gasteiger partial charge in [-0.05, 0) is 38.5 Å². The highest BCUT2D eigenvalue weighted by atomic mass is 16.2. The molecule has 1 unspecified atom stereocenters. The van der Waals surface area contributed by atoms with E-state index in [1.165, 1.54) is 31.4 Å². The summed E-state index contributed by atoms with van der Waals surface area (Å²) < 4.78 is 2.34. The summed E-state index contributed by atoms with van der Waals surface area (Å²) in [6, 6.07) is 10.4. The highest BCUT2D eigenvalue weighted by Gasteiger charge is 2.30. The largest absolute Gasteiger partial charge is 0.342 e. The van der Waals surface area contributed by atoms with E-state index in [9.17, 15) is 4.79 Å². The quantitative estimate of drug-likeness (QED) is 0.789. The van der Waals surface area contributed by atoms with Crippen LogP contribution < -0.4 is 0 Å². The normalized spacial score (nSPS) is 21.4. The molecule has 1 atom stereocenters. The number of nitrogens with zero attached hydrogens (tertiary/aromatic N) is 3. The molecule has 2 aromatic rings. The minimum atomic E-state index is 0.285. The van der Waals surface area contributed by atoms with Gasteiger partial charge in [-0.1, -0.05) is 49.6 Å². The van der Waals surface area contributed by atoms with Crippen molar-refractivity contribution in [3.8, 4) is 11.4 Å². The first-order valence-corrected chi connectivity index (χ1v) is 10.6. The van der Waals surface area contributed by atoms with Gasteiger partial charge < -0.3 is 9.47 Å². The summed E-state index contributed by atoms with van der Waals surface area (Å²) >= 11 is 0. The average Bonchev–Trinajstić information content (AvgIpc) is 3.09.